The van der Waals surface area contributed by atoms with Crippen molar-refractivity contribution in [1.29, 1.82) is 0 Å². The fourth-order valence-electron chi connectivity index (χ4n) is 3.35. The number of fused-ring (bicyclic) bond motifs is 2. The maximum absolute atomic E-state index is 12.0. The van der Waals surface area contributed by atoms with Crippen molar-refractivity contribution in [3.05, 3.63) is 0 Å². The summed E-state index contributed by atoms with van der Waals surface area (Å²) in [6, 6.07) is 0. The van der Waals surface area contributed by atoms with Crippen LogP contribution < -0.4 is 0 Å². The fraction of sp³-hybridized carbons (Fsp3) is 0.750. The first-order valence-corrected chi connectivity index (χ1v) is 5.45. The maximum Gasteiger partial charge on any atom is 0.309 e. The molecule has 88 valence electrons. The zero-order valence-electron chi connectivity index (χ0n) is 9.99. The number of methoxy groups -OCH3 is 1. The van der Waals surface area contributed by atoms with Crippen LogP contribution in [0.2, 0.25) is 0 Å². The van der Waals surface area contributed by atoms with Gasteiger partial charge < -0.3 is 4.74 Å². The number of hydrogen-bond donors (Lipinski definition) is 0. The molecule has 0 saturated heterocycles. The molecule has 2 fully saturated rings. The third-order valence-corrected chi connectivity index (χ3v) is 4.88. The zero-order valence-corrected chi connectivity index (χ0v) is 9.99. The minimum atomic E-state index is -0.887. The van der Waals surface area contributed by atoms with Crippen LogP contribution in [-0.2, 0) is 19.1 Å². The summed E-state index contributed by atoms with van der Waals surface area (Å²) in [5, 5.41) is 0. The van der Waals surface area contributed by atoms with Crippen molar-refractivity contribution in [2.24, 2.45) is 22.7 Å². The van der Waals surface area contributed by atoms with Crippen LogP contribution in [0.15, 0.2) is 0 Å². The van der Waals surface area contributed by atoms with Gasteiger partial charge in [0.25, 0.3) is 0 Å². The van der Waals surface area contributed by atoms with Crippen LogP contribution in [0.4, 0.5) is 0 Å². The van der Waals surface area contributed by atoms with Gasteiger partial charge in [-0.05, 0) is 11.8 Å². The van der Waals surface area contributed by atoms with Crippen molar-refractivity contribution in [1.82, 2.24) is 0 Å². The molecule has 2 aliphatic rings. The smallest absolute Gasteiger partial charge is 0.309 e. The molecule has 0 aliphatic heterocycles. The largest absolute Gasteiger partial charge is 0.469 e. The third kappa shape index (κ3) is 0.931. The van der Waals surface area contributed by atoms with Crippen molar-refractivity contribution >= 4 is 17.5 Å². The second kappa shape index (κ2) is 2.93. The number of rotatable bonds is 1. The SMILES string of the molecule is COC(=O)[C@@H]1C[C@@H]2C(=O)C(=O)[C@@]1(C)C2(C)C. The number of ether oxygens (including phenoxy) is 1. The molecule has 2 bridgehead atoms. The molecule has 4 heteroatoms. The molecule has 0 radical (unpaired) electrons. The summed E-state index contributed by atoms with van der Waals surface area (Å²) in [4.78, 5) is 35.4. The van der Waals surface area contributed by atoms with Crippen LogP contribution in [0.5, 0.6) is 0 Å². The molecule has 3 atom stereocenters. The van der Waals surface area contributed by atoms with E-state index in [0.717, 1.165) is 0 Å². The van der Waals surface area contributed by atoms with E-state index < -0.39 is 22.5 Å². The lowest BCUT2D eigenvalue weighted by Crippen LogP contribution is -2.44. The van der Waals surface area contributed by atoms with Gasteiger partial charge >= 0.3 is 5.97 Å². The van der Waals surface area contributed by atoms with Crippen LogP contribution in [0.1, 0.15) is 27.2 Å². The van der Waals surface area contributed by atoms with E-state index in [1.807, 2.05) is 13.8 Å². The number of carbonyl (C=O) groups is 3. The van der Waals surface area contributed by atoms with Gasteiger partial charge in [0, 0.05) is 5.92 Å². The Kier molecular flexibility index (Phi) is 2.07. The summed E-state index contributed by atoms with van der Waals surface area (Å²) < 4.78 is 4.73. The van der Waals surface area contributed by atoms with E-state index >= 15 is 0 Å². The molecular weight excluding hydrogens is 208 g/mol. The summed E-state index contributed by atoms with van der Waals surface area (Å²) in [6.07, 6.45) is 0.445. The van der Waals surface area contributed by atoms with E-state index in [9.17, 15) is 14.4 Å². The molecule has 0 aromatic heterocycles. The molecule has 0 aromatic carbocycles. The highest BCUT2D eigenvalue weighted by molar-refractivity contribution is 6.43. The van der Waals surface area contributed by atoms with Crippen molar-refractivity contribution in [2.45, 2.75) is 27.2 Å². The lowest BCUT2D eigenvalue weighted by atomic mass is 9.66. The molecular formula is C12H16O4. The van der Waals surface area contributed by atoms with Gasteiger partial charge in [-0.2, -0.15) is 0 Å². The topological polar surface area (TPSA) is 60.4 Å². The van der Waals surface area contributed by atoms with E-state index in [1.165, 1.54) is 7.11 Å². The minimum Gasteiger partial charge on any atom is -0.469 e. The number of ketones is 2. The summed E-state index contributed by atoms with van der Waals surface area (Å²) in [5.74, 6) is -1.88. The normalized spacial score (nSPS) is 40.2. The van der Waals surface area contributed by atoms with E-state index in [2.05, 4.69) is 0 Å². The predicted molar refractivity (Wildman–Crippen MR) is 55.5 cm³/mol. The quantitative estimate of drug-likeness (QED) is 0.492. The molecule has 0 amide bonds. The molecule has 4 nitrogen and oxygen atoms in total. The maximum atomic E-state index is 12.0. The molecule has 0 N–H and O–H groups in total. The Morgan fingerprint density at radius 2 is 1.88 bits per heavy atom. The van der Waals surface area contributed by atoms with E-state index in [-0.39, 0.29) is 17.7 Å². The summed E-state index contributed by atoms with van der Waals surface area (Å²) in [5.41, 5.74) is -1.33. The highest BCUT2D eigenvalue weighted by Gasteiger charge is 2.72. The van der Waals surface area contributed by atoms with E-state index in [0.29, 0.717) is 6.42 Å². The predicted octanol–water partition coefficient (Wildman–Crippen LogP) is 0.980. The Balaban J connectivity index is 2.51. The van der Waals surface area contributed by atoms with Gasteiger partial charge in [0.05, 0.1) is 18.4 Å². The molecule has 16 heavy (non-hydrogen) atoms. The number of hydrogen-bond acceptors (Lipinski definition) is 4. The van der Waals surface area contributed by atoms with Crippen LogP contribution in [0.3, 0.4) is 0 Å². The average molecular weight is 224 g/mol. The summed E-state index contributed by atoms with van der Waals surface area (Å²) in [7, 11) is 1.32. The van der Waals surface area contributed by atoms with E-state index in [4.69, 9.17) is 4.74 Å². The van der Waals surface area contributed by atoms with Crippen LogP contribution in [-0.4, -0.2) is 24.6 Å². The Bertz CT molecular complexity index is 396. The Hall–Kier alpha value is -1.19. The van der Waals surface area contributed by atoms with Crippen molar-refractivity contribution < 1.29 is 19.1 Å². The summed E-state index contributed by atoms with van der Waals surface area (Å²) in [6.45, 7) is 5.51. The second-order valence-electron chi connectivity index (χ2n) is 5.48. The van der Waals surface area contributed by atoms with Crippen LogP contribution in [0.25, 0.3) is 0 Å². The number of Topliss-reactive ketones (excluding diaryl/α,β-unsaturated/α-hetero) is 2. The van der Waals surface area contributed by atoms with Gasteiger partial charge in [-0.3, -0.25) is 14.4 Å². The second-order valence-corrected chi connectivity index (χ2v) is 5.48. The number of esters is 1. The Labute approximate surface area is 94.3 Å². The van der Waals surface area contributed by atoms with Crippen molar-refractivity contribution in [3.63, 3.8) is 0 Å². The monoisotopic (exact) mass is 224 g/mol. The Morgan fingerprint density at radius 3 is 2.25 bits per heavy atom. The van der Waals surface area contributed by atoms with Gasteiger partial charge in [0.15, 0.2) is 0 Å². The molecule has 0 spiro atoms. The molecule has 0 heterocycles. The summed E-state index contributed by atoms with van der Waals surface area (Å²) >= 11 is 0. The van der Waals surface area contributed by atoms with Gasteiger partial charge in [0.1, 0.15) is 0 Å². The highest BCUT2D eigenvalue weighted by atomic mass is 16.5. The molecule has 2 aliphatic carbocycles. The van der Waals surface area contributed by atoms with E-state index in [1.54, 1.807) is 6.92 Å². The first kappa shape index (κ1) is 11.3. The Morgan fingerprint density at radius 1 is 1.31 bits per heavy atom. The van der Waals surface area contributed by atoms with Gasteiger partial charge in [-0.15, -0.1) is 0 Å². The van der Waals surface area contributed by atoms with Crippen molar-refractivity contribution in [2.75, 3.05) is 7.11 Å². The molecule has 0 unspecified atom stereocenters. The molecule has 2 rings (SSSR count). The zero-order chi connectivity index (χ0) is 12.3. The first-order valence-electron chi connectivity index (χ1n) is 5.45. The van der Waals surface area contributed by atoms with Gasteiger partial charge in [-0.25, -0.2) is 0 Å². The van der Waals surface area contributed by atoms with Crippen LogP contribution >= 0.6 is 0 Å². The van der Waals surface area contributed by atoms with Crippen LogP contribution in [0, 0.1) is 22.7 Å². The highest BCUT2D eigenvalue weighted by Crippen LogP contribution is 2.65. The molecule has 0 aromatic rings. The lowest BCUT2D eigenvalue weighted by Gasteiger charge is -2.34. The fourth-order valence-corrected chi connectivity index (χ4v) is 3.35. The molecule has 2 saturated carbocycles. The first-order chi connectivity index (χ1) is 7.28. The minimum absolute atomic E-state index is 0.312. The van der Waals surface area contributed by atoms with Crippen molar-refractivity contribution in [3.8, 4) is 0 Å². The lowest BCUT2D eigenvalue weighted by molar-refractivity contribution is -0.157. The third-order valence-electron chi connectivity index (χ3n) is 4.88. The average Bonchev–Trinajstić information content (AvgIpc) is 2.51. The standard InChI is InChI=1S/C12H16O4/c1-11(2)6-5-7(10(15)16-4)12(11,3)9(14)8(6)13/h6-7H,5H2,1-4H3/t6-,7+,12+/m1/s1. The number of carbonyl (C=O) groups excluding carboxylic acids is 3. The van der Waals surface area contributed by atoms with Gasteiger partial charge in [-0.1, -0.05) is 20.8 Å². The van der Waals surface area contributed by atoms with Gasteiger partial charge in [0.2, 0.25) is 11.6 Å².